The summed E-state index contributed by atoms with van der Waals surface area (Å²) in [5.74, 6) is 0. The summed E-state index contributed by atoms with van der Waals surface area (Å²) in [6.07, 6.45) is 7.46. The Hall–Kier alpha value is -1.82. The second kappa shape index (κ2) is 6.38. The molecular weight excluding hydrogens is 242 g/mol. The molecule has 0 saturated carbocycles. The van der Waals surface area contributed by atoms with Gasteiger partial charge in [-0.3, -0.25) is 14.8 Å². The van der Waals surface area contributed by atoms with E-state index in [2.05, 4.69) is 33.5 Å². The van der Waals surface area contributed by atoms with Gasteiger partial charge >= 0.3 is 0 Å². The van der Waals surface area contributed by atoms with Crippen molar-refractivity contribution >= 4 is 24.0 Å². The fraction of sp³-hybridized carbons (Fsp3) is 0.538. The number of hydrazone groups is 1. The van der Waals surface area contributed by atoms with E-state index >= 15 is 0 Å². The van der Waals surface area contributed by atoms with Crippen LogP contribution in [0.25, 0.3) is 0 Å². The molecule has 0 fully saturated rings. The highest BCUT2D eigenvalue weighted by molar-refractivity contribution is 6.63. The van der Waals surface area contributed by atoms with Gasteiger partial charge in [0.25, 0.3) is 0 Å². The van der Waals surface area contributed by atoms with E-state index in [1.165, 1.54) is 5.57 Å². The Kier molecular flexibility index (Phi) is 4.57. The Balaban J connectivity index is 2.14. The molecular formula is C13H19N5O. The summed E-state index contributed by atoms with van der Waals surface area (Å²) < 4.78 is 0. The third-order valence-corrected chi connectivity index (χ3v) is 3.45. The van der Waals surface area contributed by atoms with Crippen molar-refractivity contribution in [2.45, 2.75) is 38.3 Å². The monoisotopic (exact) mass is 261 g/mol. The zero-order chi connectivity index (χ0) is 13.7. The van der Waals surface area contributed by atoms with Gasteiger partial charge in [-0.2, -0.15) is 5.10 Å². The zero-order valence-electron chi connectivity index (χ0n) is 11.0. The zero-order valence-corrected chi connectivity index (χ0v) is 11.0. The molecule has 0 saturated heterocycles. The van der Waals surface area contributed by atoms with Crippen molar-refractivity contribution in [2.24, 2.45) is 20.8 Å². The number of amides is 1. The van der Waals surface area contributed by atoms with Crippen molar-refractivity contribution in [3.8, 4) is 0 Å². The van der Waals surface area contributed by atoms with Gasteiger partial charge in [0, 0.05) is 12.8 Å². The van der Waals surface area contributed by atoms with Crippen molar-refractivity contribution in [3.63, 3.8) is 0 Å². The highest BCUT2D eigenvalue weighted by atomic mass is 16.1. The van der Waals surface area contributed by atoms with Gasteiger partial charge in [0.15, 0.2) is 0 Å². The number of aliphatic imine (C=N–C) groups is 2. The SMILES string of the molecule is CCC1=CCC2N=C(/C(CN)=N\NC=O)C=NC2C1. The molecule has 0 bridgehead atoms. The first-order valence-corrected chi connectivity index (χ1v) is 6.53. The molecule has 0 spiro atoms. The quantitative estimate of drug-likeness (QED) is 0.325. The second-order valence-corrected chi connectivity index (χ2v) is 4.59. The average Bonchev–Trinajstić information content (AvgIpc) is 2.47. The largest absolute Gasteiger partial charge is 0.325 e. The van der Waals surface area contributed by atoms with Crippen molar-refractivity contribution < 1.29 is 4.79 Å². The smallest absolute Gasteiger partial charge is 0.227 e. The maximum atomic E-state index is 10.3. The molecule has 19 heavy (non-hydrogen) atoms. The molecule has 2 aliphatic rings. The molecule has 1 heterocycles. The highest BCUT2D eigenvalue weighted by Gasteiger charge is 2.27. The summed E-state index contributed by atoms with van der Waals surface area (Å²) in [4.78, 5) is 19.5. The molecule has 1 amide bonds. The number of nitrogens with one attached hydrogen (secondary N) is 1. The van der Waals surface area contributed by atoms with Gasteiger partial charge in [-0.15, -0.1) is 0 Å². The van der Waals surface area contributed by atoms with Crippen LogP contribution < -0.4 is 11.2 Å². The standard InChI is InChI=1S/C13H19N5O/c1-2-9-3-4-10-11(5-9)15-7-13(17-10)12(6-14)18-16-8-19/h3,7-8,10-11H,2,4-6,14H2,1H3,(H,16,19)/b18-12-. The van der Waals surface area contributed by atoms with Crippen LogP contribution in [0.2, 0.25) is 0 Å². The number of carbonyl (C=O) groups is 1. The third-order valence-electron chi connectivity index (χ3n) is 3.45. The van der Waals surface area contributed by atoms with Crippen LogP contribution >= 0.6 is 0 Å². The molecule has 1 aliphatic carbocycles. The van der Waals surface area contributed by atoms with Crippen LogP contribution in [0.4, 0.5) is 0 Å². The lowest BCUT2D eigenvalue weighted by Crippen LogP contribution is -2.36. The molecule has 2 unspecified atom stereocenters. The number of rotatable bonds is 5. The topological polar surface area (TPSA) is 92.2 Å². The predicted octanol–water partition coefficient (Wildman–Crippen LogP) is 0.440. The van der Waals surface area contributed by atoms with E-state index in [0.29, 0.717) is 17.8 Å². The van der Waals surface area contributed by atoms with E-state index in [1.807, 2.05) is 0 Å². The van der Waals surface area contributed by atoms with Gasteiger partial charge in [-0.25, -0.2) is 5.43 Å². The van der Waals surface area contributed by atoms with Crippen LogP contribution in [-0.4, -0.2) is 42.7 Å². The minimum absolute atomic E-state index is 0.170. The van der Waals surface area contributed by atoms with Gasteiger partial charge in [0.05, 0.1) is 12.1 Å². The molecule has 0 aromatic heterocycles. The van der Waals surface area contributed by atoms with E-state index in [-0.39, 0.29) is 18.6 Å². The van der Waals surface area contributed by atoms with Gasteiger partial charge in [-0.1, -0.05) is 18.6 Å². The molecule has 6 heteroatoms. The van der Waals surface area contributed by atoms with Gasteiger partial charge in [0.1, 0.15) is 11.4 Å². The normalized spacial score (nSPS) is 26.3. The lowest BCUT2D eigenvalue weighted by Gasteiger charge is -2.28. The Morgan fingerprint density at radius 3 is 3.16 bits per heavy atom. The Morgan fingerprint density at radius 1 is 1.63 bits per heavy atom. The lowest BCUT2D eigenvalue weighted by molar-refractivity contribution is -0.109. The molecule has 0 aromatic rings. The fourth-order valence-corrected chi connectivity index (χ4v) is 2.35. The van der Waals surface area contributed by atoms with Crippen molar-refractivity contribution in [1.29, 1.82) is 0 Å². The summed E-state index contributed by atoms with van der Waals surface area (Å²) in [5.41, 5.74) is 10.6. The maximum absolute atomic E-state index is 10.3. The van der Waals surface area contributed by atoms with Crippen molar-refractivity contribution in [3.05, 3.63) is 11.6 Å². The predicted molar refractivity (Wildman–Crippen MR) is 76.8 cm³/mol. The number of fused-ring (bicyclic) bond motifs is 1. The summed E-state index contributed by atoms with van der Waals surface area (Å²) >= 11 is 0. The fourth-order valence-electron chi connectivity index (χ4n) is 2.35. The average molecular weight is 261 g/mol. The van der Waals surface area contributed by atoms with E-state index in [1.54, 1.807) is 6.21 Å². The molecule has 6 nitrogen and oxygen atoms in total. The van der Waals surface area contributed by atoms with E-state index in [0.717, 1.165) is 19.3 Å². The molecule has 2 rings (SSSR count). The Labute approximate surface area is 112 Å². The van der Waals surface area contributed by atoms with Gasteiger partial charge in [-0.05, 0) is 19.3 Å². The van der Waals surface area contributed by atoms with Crippen LogP contribution in [0.15, 0.2) is 26.7 Å². The van der Waals surface area contributed by atoms with E-state index < -0.39 is 0 Å². The lowest BCUT2D eigenvalue weighted by atomic mass is 9.89. The maximum Gasteiger partial charge on any atom is 0.227 e. The molecule has 2 atom stereocenters. The molecule has 0 aromatic carbocycles. The number of nitrogens with zero attached hydrogens (tertiary/aromatic N) is 3. The first-order valence-electron chi connectivity index (χ1n) is 6.53. The molecule has 102 valence electrons. The van der Waals surface area contributed by atoms with Crippen LogP contribution in [-0.2, 0) is 4.79 Å². The van der Waals surface area contributed by atoms with E-state index in [4.69, 9.17) is 5.73 Å². The minimum Gasteiger partial charge on any atom is -0.325 e. The summed E-state index contributed by atoms with van der Waals surface area (Å²) in [5, 5.41) is 3.89. The van der Waals surface area contributed by atoms with Crippen molar-refractivity contribution in [1.82, 2.24) is 5.43 Å². The summed E-state index contributed by atoms with van der Waals surface area (Å²) in [7, 11) is 0. The molecule has 3 N–H and O–H groups in total. The number of nitrogens with two attached hydrogens (primary N) is 1. The van der Waals surface area contributed by atoms with Crippen LogP contribution in [0, 0.1) is 0 Å². The van der Waals surface area contributed by atoms with Crippen molar-refractivity contribution in [2.75, 3.05) is 6.54 Å². The van der Waals surface area contributed by atoms with Gasteiger partial charge in [0.2, 0.25) is 6.41 Å². The number of carbonyl (C=O) groups excluding carboxylic acids is 1. The third kappa shape index (κ3) is 3.14. The first kappa shape index (κ1) is 13.6. The molecule has 1 aliphatic heterocycles. The van der Waals surface area contributed by atoms with Crippen LogP contribution in [0.1, 0.15) is 26.2 Å². The van der Waals surface area contributed by atoms with Crippen LogP contribution in [0.3, 0.4) is 0 Å². The second-order valence-electron chi connectivity index (χ2n) is 4.59. The van der Waals surface area contributed by atoms with Gasteiger partial charge < -0.3 is 5.73 Å². The Bertz CT molecular complexity index is 464. The number of hydrogen-bond donors (Lipinski definition) is 2. The summed E-state index contributed by atoms with van der Waals surface area (Å²) in [6, 6.07) is 0.407. The van der Waals surface area contributed by atoms with E-state index in [9.17, 15) is 4.79 Å². The Morgan fingerprint density at radius 2 is 2.47 bits per heavy atom. The summed E-state index contributed by atoms with van der Waals surface area (Å²) in [6.45, 7) is 2.39. The first-order chi connectivity index (χ1) is 9.28. The molecule has 0 radical (unpaired) electrons. The number of hydrogen-bond acceptors (Lipinski definition) is 5. The van der Waals surface area contributed by atoms with Crippen LogP contribution in [0.5, 0.6) is 0 Å². The highest BCUT2D eigenvalue weighted by Crippen LogP contribution is 2.27. The minimum atomic E-state index is 0.170.